The molecule has 0 bridgehead atoms. The van der Waals surface area contributed by atoms with E-state index in [1.54, 1.807) is 11.8 Å². The van der Waals surface area contributed by atoms with Crippen LogP contribution in [0.1, 0.15) is 18.9 Å². The van der Waals surface area contributed by atoms with Crippen molar-refractivity contribution in [2.24, 2.45) is 0 Å². The lowest BCUT2D eigenvalue weighted by molar-refractivity contribution is -0.137. The van der Waals surface area contributed by atoms with Crippen LogP contribution in [0.2, 0.25) is 0 Å². The number of thioether (sulfide) groups is 1. The summed E-state index contributed by atoms with van der Waals surface area (Å²) in [5.41, 5.74) is -1.02. The second-order valence-corrected chi connectivity index (χ2v) is 6.04. The fourth-order valence-corrected chi connectivity index (χ4v) is 2.66. The Morgan fingerprint density at radius 3 is 2.59 bits per heavy atom. The topological polar surface area (TPSA) is 32.3 Å². The molecule has 0 unspecified atom stereocenters. The number of hydrogen-bond acceptors (Lipinski definition) is 3. The van der Waals surface area contributed by atoms with Gasteiger partial charge in [-0.05, 0) is 32.4 Å². The van der Waals surface area contributed by atoms with Crippen molar-refractivity contribution in [1.29, 1.82) is 0 Å². The molecule has 0 radical (unpaired) electrons. The van der Waals surface area contributed by atoms with E-state index in [2.05, 4.69) is 5.32 Å². The molecule has 7 heteroatoms. The van der Waals surface area contributed by atoms with Gasteiger partial charge in [0, 0.05) is 24.8 Å². The third-order valence-electron chi connectivity index (χ3n) is 3.36. The van der Waals surface area contributed by atoms with E-state index < -0.39 is 17.6 Å². The van der Waals surface area contributed by atoms with Gasteiger partial charge in [0.15, 0.2) is 0 Å². The summed E-state index contributed by atoms with van der Waals surface area (Å²) in [7, 11) is 1.90. The molecule has 0 aliphatic carbocycles. The molecular formula is C15H21F3N2OS. The maximum Gasteiger partial charge on any atom is 0.418 e. The second kappa shape index (κ2) is 8.43. The van der Waals surface area contributed by atoms with Crippen LogP contribution < -0.4 is 5.32 Å². The minimum absolute atomic E-state index is 0.154. The van der Waals surface area contributed by atoms with Crippen LogP contribution in [0.3, 0.4) is 0 Å². The molecule has 0 aliphatic heterocycles. The number of carbonyl (C=O) groups excluding carboxylic acids is 1. The van der Waals surface area contributed by atoms with Crippen LogP contribution in [-0.2, 0) is 11.0 Å². The zero-order valence-corrected chi connectivity index (χ0v) is 13.7. The Morgan fingerprint density at radius 2 is 2.00 bits per heavy atom. The minimum Gasteiger partial charge on any atom is -0.325 e. The lowest BCUT2D eigenvalue weighted by atomic mass is 10.1. The molecule has 22 heavy (non-hydrogen) atoms. The molecule has 0 heterocycles. The summed E-state index contributed by atoms with van der Waals surface area (Å²) in [6.45, 7) is 2.55. The maximum absolute atomic E-state index is 12.8. The van der Waals surface area contributed by atoms with Crippen molar-refractivity contribution < 1.29 is 18.0 Å². The Kier molecular flexibility index (Phi) is 7.22. The molecule has 3 nitrogen and oxygen atoms in total. The van der Waals surface area contributed by atoms with E-state index in [1.807, 2.05) is 25.1 Å². The van der Waals surface area contributed by atoms with Gasteiger partial charge in [0.2, 0.25) is 5.91 Å². The van der Waals surface area contributed by atoms with Crippen LogP contribution >= 0.6 is 11.8 Å². The number of benzene rings is 1. The van der Waals surface area contributed by atoms with Gasteiger partial charge in [0.1, 0.15) is 0 Å². The molecule has 0 aromatic heterocycles. The average Bonchev–Trinajstić information content (AvgIpc) is 2.44. The largest absolute Gasteiger partial charge is 0.418 e. The molecular weight excluding hydrogens is 313 g/mol. The molecule has 0 saturated heterocycles. The van der Waals surface area contributed by atoms with E-state index in [0.717, 1.165) is 11.8 Å². The van der Waals surface area contributed by atoms with Gasteiger partial charge in [-0.15, -0.1) is 0 Å². The quantitative estimate of drug-likeness (QED) is 0.825. The monoisotopic (exact) mass is 334 g/mol. The summed E-state index contributed by atoms with van der Waals surface area (Å²) in [5.74, 6) is 0.523. The SMILES string of the molecule is CSC[C@@H](C)N(C)CCC(=O)Nc1ccccc1C(F)(F)F. The van der Waals surface area contributed by atoms with Gasteiger partial charge in [-0.1, -0.05) is 12.1 Å². The summed E-state index contributed by atoms with van der Waals surface area (Å²) in [4.78, 5) is 13.9. The first-order valence-electron chi connectivity index (χ1n) is 6.91. The summed E-state index contributed by atoms with van der Waals surface area (Å²) < 4.78 is 38.5. The summed E-state index contributed by atoms with van der Waals surface area (Å²) in [6.07, 6.45) is -2.32. The Bertz CT molecular complexity index is 494. The van der Waals surface area contributed by atoms with Crippen LogP contribution in [0.15, 0.2) is 24.3 Å². The number of nitrogens with one attached hydrogen (secondary N) is 1. The van der Waals surface area contributed by atoms with Crippen molar-refractivity contribution in [2.45, 2.75) is 25.6 Å². The number of hydrogen-bond donors (Lipinski definition) is 1. The van der Waals surface area contributed by atoms with Crippen molar-refractivity contribution >= 4 is 23.4 Å². The average molecular weight is 334 g/mol. The fourth-order valence-electron chi connectivity index (χ4n) is 1.92. The van der Waals surface area contributed by atoms with Crippen molar-refractivity contribution in [1.82, 2.24) is 4.90 Å². The lowest BCUT2D eigenvalue weighted by Crippen LogP contribution is -2.33. The third kappa shape index (κ3) is 5.88. The van der Waals surface area contributed by atoms with Crippen molar-refractivity contribution in [3.05, 3.63) is 29.8 Å². The number of amides is 1. The highest BCUT2D eigenvalue weighted by Gasteiger charge is 2.33. The molecule has 1 aromatic rings. The maximum atomic E-state index is 12.8. The molecule has 0 fully saturated rings. The van der Waals surface area contributed by atoms with Gasteiger partial charge < -0.3 is 10.2 Å². The summed E-state index contributed by atoms with van der Waals surface area (Å²) >= 11 is 1.71. The number of alkyl halides is 3. The molecule has 0 spiro atoms. The number of para-hydroxylation sites is 1. The molecule has 1 rings (SSSR count). The normalized spacial score (nSPS) is 13.2. The number of rotatable bonds is 7. The van der Waals surface area contributed by atoms with E-state index in [9.17, 15) is 18.0 Å². The predicted molar refractivity (Wildman–Crippen MR) is 85.2 cm³/mol. The summed E-state index contributed by atoms with van der Waals surface area (Å²) in [5, 5.41) is 2.35. The van der Waals surface area contributed by atoms with Gasteiger partial charge in [0.25, 0.3) is 0 Å². The van der Waals surface area contributed by atoms with E-state index in [1.165, 1.54) is 18.2 Å². The van der Waals surface area contributed by atoms with Crippen molar-refractivity contribution in [3.8, 4) is 0 Å². The predicted octanol–water partition coefficient (Wildman–Crippen LogP) is 3.72. The smallest absolute Gasteiger partial charge is 0.325 e. The van der Waals surface area contributed by atoms with Gasteiger partial charge in [0.05, 0.1) is 11.3 Å². The van der Waals surface area contributed by atoms with E-state index in [-0.39, 0.29) is 12.1 Å². The van der Waals surface area contributed by atoms with Gasteiger partial charge in [-0.3, -0.25) is 4.79 Å². The fraction of sp³-hybridized carbons (Fsp3) is 0.533. The zero-order chi connectivity index (χ0) is 16.8. The highest BCUT2D eigenvalue weighted by Crippen LogP contribution is 2.34. The Labute approximate surface area is 133 Å². The second-order valence-electron chi connectivity index (χ2n) is 5.13. The van der Waals surface area contributed by atoms with Gasteiger partial charge in [-0.25, -0.2) is 0 Å². The number of carbonyl (C=O) groups is 1. The van der Waals surface area contributed by atoms with Crippen molar-refractivity contribution in [2.75, 3.05) is 30.9 Å². The Hall–Kier alpha value is -1.21. The van der Waals surface area contributed by atoms with Crippen LogP contribution in [0.5, 0.6) is 0 Å². The Balaban J connectivity index is 2.60. The standard InChI is InChI=1S/C15H21F3N2OS/c1-11(10-22-3)20(2)9-8-14(21)19-13-7-5-4-6-12(13)15(16,17)18/h4-7,11H,8-10H2,1-3H3,(H,19,21)/t11-/m1/s1. The van der Waals surface area contributed by atoms with E-state index >= 15 is 0 Å². The van der Waals surface area contributed by atoms with E-state index in [0.29, 0.717) is 12.6 Å². The molecule has 1 atom stereocenters. The first-order valence-corrected chi connectivity index (χ1v) is 8.30. The number of nitrogens with zero attached hydrogens (tertiary/aromatic N) is 1. The zero-order valence-electron chi connectivity index (χ0n) is 12.9. The van der Waals surface area contributed by atoms with Crippen LogP contribution in [0.4, 0.5) is 18.9 Å². The summed E-state index contributed by atoms with van der Waals surface area (Å²) in [6, 6.07) is 5.31. The molecule has 0 aliphatic rings. The first-order chi connectivity index (χ1) is 10.3. The van der Waals surface area contributed by atoms with Crippen LogP contribution in [-0.4, -0.2) is 42.4 Å². The third-order valence-corrected chi connectivity index (χ3v) is 4.17. The lowest BCUT2D eigenvalue weighted by Gasteiger charge is -2.23. The number of anilines is 1. The van der Waals surface area contributed by atoms with E-state index in [4.69, 9.17) is 0 Å². The highest BCUT2D eigenvalue weighted by atomic mass is 32.2. The highest BCUT2D eigenvalue weighted by molar-refractivity contribution is 7.98. The molecule has 0 saturated carbocycles. The Morgan fingerprint density at radius 1 is 1.36 bits per heavy atom. The molecule has 1 N–H and O–H groups in total. The molecule has 1 aromatic carbocycles. The van der Waals surface area contributed by atoms with Crippen LogP contribution in [0, 0.1) is 0 Å². The minimum atomic E-state index is -4.48. The molecule has 124 valence electrons. The van der Waals surface area contributed by atoms with Crippen molar-refractivity contribution in [3.63, 3.8) is 0 Å². The first kappa shape index (κ1) is 18.8. The molecule has 1 amide bonds. The number of halogens is 3. The van der Waals surface area contributed by atoms with Gasteiger partial charge in [-0.2, -0.15) is 24.9 Å². The van der Waals surface area contributed by atoms with Crippen LogP contribution in [0.25, 0.3) is 0 Å². The van der Waals surface area contributed by atoms with Gasteiger partial charge >= 0.3 is 6.18 Å².